The predicted molar refractivity (Wildman–Crippen MR) is 134 cm³/mol. The van der Waals surface area contributed by atoms with Crippen molar-refractivity contribution < 1.29 is 8.98 Å². The number of aromatic nitrogens is 1. The SMILES string of the molecule is Cc1ccc2c(oc3c(-c4ccccc4)ccc(C#N)c32)c1-c1ccc(C(C)C)c(C)[n+]1C. The van der Waals surface area contributed by atoms with E-state index < -0.39 is 0 Å². The number of nitriles is 1. The molecule has 0 spiro atoms. The topological polar surface area (TPSA) is 40.8 Å². The van der Waals surface area contributed by atoms with E-state index in [1.54, 1.807) is 0 Å². The highest BCUT2D eigenvalue weighted by Crippen LogP contribution is 2.42. The van der Waals surface area contributed by atoms with Gasteiger partial charge in [-0.1, -0.05) is 56.3 Å². The summed E-state index contributed by atoms with van der Waals surface area (Å²) in [5.41, 5.74) is 10.2. The number of rotatable bonds is 3. The summed E-state index contributed by atoms with van der Waals surface area (Å²) >= 11 is 0. The highest BCUT2D eigenvalue weighted by atomic mass is 16.3. The van der Waals surface area contributed by atoms with Crippen molar-refractivity contribution in [2.75, 3.05) is 0 Å². The predicted octanol–water partition coefficient (Wildman–Crippen LogP) is 7.36. The van der Waals surface area contributed by atoms with Crippen LogP contribution in [-0.2, 0) is 7.05 Å². The largest absolute Gasteiger partial charge is 0.454 e. The summed E-state index contributed by atoms with van der Waals surface area (Å²) in [4.78, 5) is 0. The van der Waals surface area contributed by atoms with Crippen LogP contribution in [-0.4, -0.2) is 0 Å². The summed E-state index contributed by atoms with van der Waals surface area (Å²) < 4.78 is 8.91. The second-order valence-corrected chi connectivity index (χ2v) is 9.05. The second-order valence-electron chi connectivity index (χ2n) is 9.05. The molecule has 0 aliphatic carbocycles. The van der Waals surface area contributed by atoms with Gasteiger partial charge in [0.15, 0.2) is 5.69 Å². The third kappa shape index (κ3) is 3.22. The Balaban J connectivity index is 1.89. The molecule has 0 aliphatic rings. The van der Waals surface area contributed by atoms with Gasteiger partial charge in [-0.05, 0) is 42.2 Å². The van der Waals surface area contributed by atoms with E-state index in [4.69, 9.17) is 4.42 Å². The quantitative estimate of drug-likeness (QED) is 0.280. The number of benzene rings is 3. The van der Waals surface area contributed by atoms with E-state index in [-0.39, 0.29) is 0 Å². The molecule has 0 N–H and O–H groups in total. The molecule has 3 nitrogen and oxygen atoms in total. The molecule has 5 aromatic rings. The third-order valence-electron chi connectivity index (χ3n) is 6.78. The zero-order chi connectivity index (χ0) is 23.3. The van der Waals surface area contributed by atoms with Gasteiger partial charge in [-0.2, -0.15) is 9.83 Å². The molecule has 5 rings (SSSR count). The fraction of sp³-hybridized carbons (Fsp3) is 0.200. The molecule has 0 saturated heterocycles. The number of hydrogen-bond acceptors (Lipinski definition) is 2. The van der Waals surface area contributed by atoms with Crippen LogP contribution >= 0.6 is 0 Å². The molecule has 0 amide bonds. The number of fused-ring (bicyclic) bond motifs is 3. The smallest absolute Gasteiger partial charge is 0.216 e. The molecular weight excluding hydrogens is 404 g/mol. The van der Waals surface area contributed by atoms with Crippen molar-refractivity contribution in [1.82, 2.24) is 0 Å². The lowest BCUT2D eigenvalue weighted by Crippen LogP contribution is -2.36. The molecule has 0 atom stereocenters. The number of furan rings is 1. The lowest BCUT2D eigenvalue weighted by atomic mass is 9.95. The van der Waals surface area contributed by atoms with Gasteiger partial charge in [-0.25, -0.2) is 0 Å². The summed E-state index contributed by atoms with van der Waals surface area (Å²) in [6.45, 7) is 8.74. The van der Waals surface area contributed by atoms with Crippen molar-refractivity contribution in [3.8, 4) is 28.5 Å². The van der Waals surface area contributed by atoms with E-state index in [1.165, 1.54) is 11.3 Å². The van der Waals surface area contributed by atoms with Crippen LogP contribution in [0.5, 0.6) is 0 Å². The first kappa shape index (κ1) is 21.0. The molecule has 2 heterocycles. The van der Waals surface area contributed by atoms with Crippen molar-refractivity contribution >= 4 is 21.9 Å². The maximum atomic E-state index is 9.88. The molecule has 162 valence electrons. The second kappa shape index (κ2) is 7.90. The number of pyridine rings is 1. The van der Waals surface area contributed by atoms with Crippen LogP contribution in [0.15, 0.2) is 71.1 Å². The van der Waals surface area contributed by atoms with Crippen LogP contribution in [0.25, 0.3) is 44.3 Å². The van der Waals surface area contributed by atoms with Crippen LogP contribution in [0.4, 0.5) is 0 Å². The standard InChI is InChI=1S/C30H27N2O/c1-18(2)23-15-16-26(32(5)20(23)4)27-19(3)11-13-25-28-22(17-31)12-14-24(29(28)33-30(25)27)21-9-7-6-8-10-21/h6-16,18H,1-5H3/q+1. The summed E-state index contributed by atoms with van der Waals surface area (Å²) in [6.07, 6.45) is 0. The van der Waals surface area contributed by atoms with Gasteiger partial charge in [0.05, 0.1) is 17.2 Å². The lowest BCUT2D eigenvalue weighted by Gasteiger charge is -2.11. The van der Waals surface area contributed by atoms with Gasteiger partial charge in [0.1, 0.15) is 18.2 Å². The van der Waals surface area contributed by atoms with Gasteiger partial charge in [-0.15, -0.1) is 0 Å². The van der Waals surface area contributed by atoms with Crippen molar-refractivity contribution in [1.29, 1.82) is 5.26 Å². The molecule has 0 unspecified atom stereocenters. The maximum absolute atomic E-state index is 9.88. The van der Waals surface area contributed by atoms with Gasteiger partial charge in [0, 0.05) is 34.9 Å². The molecule has 33 heavy (non-hydrogen) atoms. The maximum Gasteiger partial charge on any atom is 0.216 e. The van der Waals surface area contributed by atoms with Crippen molar-refractivity contribution in [2.24, 2.45) is 7.05 Å². The number of hydrogen-bond donors (Lipinski definition) is 0. The van der Waals surface area contributed by atoms with E-state index in [1.807, 2.05) is 30.3 Å². The Kier molecular flexibility index (Phi) is 5.02. The summed E-state index contributed by atoms with van der Waals surface area (Å²) in [7, 11) is 2.12. The van der Waals surface area contributed by atoms with Crippen molar-refractivity contribution in [3.63, 3.8) is 0 Å². The van der Waals surface area contributed by atoms with Crippen LogP contribution in [0, 0.1) is 25.2 Å². The summed E-state index contributed by atoms with van der Waals surface area (Å²) in [5, 5.41) is 11.7. The Morgan fingerprint density at radius 2 is 1.64 bits per heavy atom. The lowest BCUT2D eigenvalue weighted by molar-refractivity contribution is -0.667. The van der Waals surface area contributed by atoms with Gasteiger partial charge in [0.2, 0.25) is 5.69 Å². The van der Waals surface area contributed by atoms with Crippen LogP contribution in [0.1, 0.15) is 42.1 Å². The Bertz CT molecular complexity index is 1570. The molecule has 3 heteroatoms. The first-order chi connectivity index (χ1) is 15.9. The van der Waals surface area contributed by atoms with Gasteiger partial charge in [0.25, 0.3) is 0 Å². The van der Waals surface area contributed by atoms with E-state index in [9.17, 15) is 5.26 Å². The van der Waals surface area contributed by atoms with E-state index in [2.05, 4.69) is 81.8 Å². The van der Waals surface area contributed by atoms with Crippen LogP contribution in [0.3, 0.4) is 0 Å². The highest BCUT2D eigenvalue weighted by Gasteiger charge is 2.25. The molecule has 2 aromatic heterocycles. The van der Waals surface area contributed by atoms with Crippen LogP contribution in [0.2, 0.25) is 0 Å². The summed E-state index contributed by atoms with van der Waals surface area (Å²) in [5.74, 6) is 0.458. The highest BCUT2D eigenvalue weighted by molar-refractivity contribution is 6.15. The van der Waals surface area contributed by atoms with Crippen LogP contribution < -0.4 is 4.57 Å². The fourth-order valence-electron chi connectivity index (χ4n) is 4.94. The molecule has 0 fully saturated rings. The van der Waals surface area contributed by atoms with Gasteiger partial charge in [-0.3, -0.25) is 0 Å². The molecule has 3 aromatic carbocycles. The Hall–Kier alpha value is -3.90. The van der Waals surface area contributed by atoms with Gasteiger partial charge < -0.3 is 4.42 Å². The average Bonchev–Trinajstić information content (AvgIpc) is 3.20. The first-order valence-corrected chi connectivity index (χ1v) is 11.4. The summed E-state index contributed by atoms with van der Waals surface area (Å²) in [6, 6.07) is 25.1. The molecule has 0 saturated carbocycles. The monoisotopic (exact) mass is 431 g/mol. The Labute approximate surface area is 194 Å². The average molecular weight is 432 g/mol. The minimum Gasteiger partial charge on any atom is -0.454 e. The van der Waals surface area contributed by atoms with Crippen molar-refractivity contribution in [2.45, 2.75) is 33.6 Å². The fourth-order valence-corrected chi connectivity index (χ4v) is 4.94. The van der Waals surface area contributed by atoms with Gasteiger partial charge >= 0.3 is 0 Å². The number of nitrogens with zero attached hydrogens (tertiary/aromatic N) is 2. The molecule has 0 bridgehead atoms. The normalized spacial score (nSPS) is 11.4. The first-order valence-electron chi connectivity index (χ1n) is 11.4. The minimum atomic E-state index is 0.458. The zero-order valence-electron chi connectivity index (χ0n) is 19.7. The molecule has 0 radical (unpaired) electrons. The van der Waals surface area contributed by atoms with E-state index in [0.29, 0.717) is 11.5 Å². The van der Waals surface area contributed by atoms with E-state index in [0.717, 1.165) is 49.9 Å². The van der Waals surface area contributed by atoms with E-state index >= 15 is 0 Å². The Morgan fingerprint density at radius 3 is 2.33 bits per heavy atom. The Morgan fingerprint density at radius 1 is 0.879 bits per heavy atom. The molecule has 0 aliphatic heterocycles. The minimum absolute atomic E-state index is 0.458. The zero-order valence-corrected chi connectivity index (χ0v) is 19.7. The number of aryl methyl sites for hydroxylation is 1. The third-order valence-corrected chi connectivity index (χ3v) is 6.78. The molecular formula is C30H27N2O+. The van der Waals surface area contributed by atoms with Crippen molar-refractivity contribution in [3.05, 3.63) is 89.1 Å².